The fourth-order valence-electron chi connectivity index (χ4n) is 7.03. The van der Waals surface area contributed by atoms with Gasteiger partial charge in [-0.2, -0.15) is 0 Å². The summed E-state index contributed by atoms with van der Waals surface area (Å²) in [7, 11) is 0. The van der Waals surface area contributed by atoms with Gasteiger partial charge in [0.25, 0.3) is 5.91 Å². The van der Waals surface area contributed by atoms with Crippen LogP contribution in [0.2, 0.25) is 0 Å². The molecule has 206 valence electrons. The van der Waals surface area contributed by atoms with Crippen LogP contribution in [0.15, 0.2) is 24.3 Å². The van der Waals surface area contributed by atoms with Crippen molar-refractivity contribution in [3.8, 4) is 0 Å². The van der Waals surface area contributed by atoms with Gasteiger partial charge in [0.1, 0.15) is 5.82 Å². The van der Waals surface area contributed by atoms with Crippen LogP contribution in [0.1, 0.15) is 79.7 Å². The fourth-order valence-corrected chi connectivity index (χ4v) is 8.10. The van der Waals surface area contributed by atoms with Crippen molar-refractivity contribution in [3.05, 3.63) is 46.2 Å². The van der Waals surface area contributed by atoms with Gasteiger partial charge in [0.05, 0.1) is 18.4 Å². The number of nitrogens with one attached hydrogen (secondary N) is 1. The van der Waals surface area contributed by atoms with Crippen LogP contribution in [0, 0.1) is 28.5 Å². The standard InChI is InChI=1S/C29H38FN3O4S/c1-17-9-12-33(13-10-17)24(36)14-20-25-21(15-22-28(20,2)11-8-23(35)29(22,3)16-34)38-27(31-25)32-26(37)18-4-6-19(30)7-5-18/h4-7,17,20,22-23,34-35H,8-16H2,1-3H3,(H,31,32,37). The molecule has 7 nitrogen and oxygen atoms in total. The fraction of sp³-hybridized carbons (Fsp3) is 0.621. The minimum atomic E-state index is -0.700. The number of anilines is 1. The number of nitrogens with zero attached hydrogens (tertiary/aromatic N) is 2. The maximum absolute atomic E-state index is 13.6. The number of carbonyl (C=O) groups excluding carboxylic acids is 2. The molecule has 2 amide bonds. The molecule has 1 aromatic carbocycles. The van der Waals surface area contributed by atoms with Gasteiger partial charge in [-0.15, -0.1) is 11.3 Å². The molecule has 38 heavy (non-hydrogen) atoms. The highest BCUT2D eigenvalue weighted by atomic mass is 32.1. The van der Waals surface area contributed by atoms with E-state index in [0.717, 1.165) is 42.9 Å². The summed E-state index contributed by atoms with van der Waals surface area (Å²) in [5, 5.41) is 24.7. The number of amides is 2. The highest BCUT2D eigenvalue weighted by Gasteiger charge is 2.59. The van der Waals surface area contributed by atoms with Gasteiger partial charge in [0, 0.05) is 41.3 Å². The van der Waals surface area contributed by atoms with E-state index in [0.29, 0.717) is 35.9 Å². The normalized spacial score (nSPS) is 31.4. The van der Waals surface area contributed by atoms with Crippen LogP contribution in [0.4, 0.5) is 9.52 Å². The number of thiazole rings is 1. The Hall–Kier alpha value is -2.36. The van der Waals surface area contributed by atoms with Crippen LogP contribution < -0.4 is 5.32 Å². The van der Waals surface area contributed by atoms with Gasteiger partial charge in [-0.3, -0.25) is 14.9 Å². The SMILES string of the molecule is CC1CCN(C(=O)CC2c3nc(NC(=O)c4ccc(F)cc4)sc3CC3C(C)(CO)C(O)CCC23C)CC1. The maximum Gasteiger partial charge on any atom is 0.257 e. The first-order valence-electron chi connectivity index (χ1n) is 13.7. The molecule has 3 N–H and O–H groups in total. The lowest BCUT2D eigenvalue weighted by molar-refractivity contribution is -0.147. The number of fused-ring (bicyclic) bond motifs is 2. The average Bonchev–Trinajstić information content (AvgIpc) is 3.30. The Morgan fingerprint density at radius 2 is 1.87 bits per heavy atom. The Morgan fingerprint density at radius 3 is 2.53 bits per heavy atom. The number of carbonyl (C=O) groups is 2. The van der Waals surface area contributed by atoms with Crippen molar-refractivity contribution in [2.75, 3.05) is 25.0 Å². The van der Waals surface area contributed by atoms with Crippen LogP contribution in [-0.2, 0) is 11.2 Å². The number of aliphatic hydroxyl groups excluding tert-OH is 2. The molecule has 0 spiro atoms. The predicted octanol–water partition coefficient (Wildman–Crippen LogP) is 4.60. The maximum atomic E-state index is 13.6. The number of aromatic nitrogens is 1. The summed E-state index contributed by atoms with van der Waals surface area (Å²) in [4.78, 5) is 34.3. The molecule has 2 heterocycles. The average molecular weight is 544 g/mol. The number of hydrogen-bond donors (Lipinski definition) is 3. The predicted molar refractivity (Wildman–Crippen MR) is 145 cm³/mol. The van der Waals surface area contributed by atoms with Crippen molar-refractivity contribution >= 4 is 28.3 Å². The summed E-state index contributed by atoms with van der Waals surface area (Å²) in [6.07, 6.45) is 3.62. The number of hydrogen-bond acceptors (Lipinski definition) is 6. The Labute approximate surface area is 227 Å². The van der Waals surface area contributed by atoms with E-state index in [-0.39, 0.29) is 35.7 Å². The summed E-state index contributed by atoms with van der Waals surface area (Å²) >= 11 is 1.39. The first kappa shape index (κ1) is 27.2. The number of rotatable bonds is 5. The molecule has 0 radical (unpaired) electrons. The third-order valence-electron chi connectivity index (χ3n) is 9.74. The van der Waals surface area contributed by atoms with E-state index in [1.165, 1.54) is 35.6 Å². The summed E-state index contributed by atoms with van der Waals surface area (Å²) in [5.41, 5.74) is 0.142. The molecule has 1 aromatic heterocycles. The lowest BCUT2D eigenvalue weighted by atomic mass is 9.47. The molecule has 2 fully saturated rings. The largest absolute Gasteiger partial charge is 0.396 e. The minimum Gasteiger partial charge on any atom is -0.396 e. The lowest BCUT2D eigenvalue weighted by Crippen LogP contribution is -2.57. The summed E-state index contributed by atoms with van der Waals surface area (Å²) in [5.74, 6) is -0.266. The molecule has 2 aliphatic carbocycles. The monoisotopic (exact) mass is 543 g/mol. The third-order valence-corrected chi connectivity index (χ3v) is 10.7. The third kappa shape index (κ3) is 4.77. The molecule has 3 aliphatic rings. The quantitative estimate of drug-likeness (QED) is 0.512. The van der Waals surface area contributed by atoms with Gasteiger partial charge in [0.2, 0.25) is 5.91 Å². The molecule has 0 bridgehead atoms. The van der Waals surface area contributed by atoms with Gasteiger partial charge < -0.3 is 15.1 Å². The molecule has 1 saturated heterocycles. The van der Waals surface area contributed by atoms with E-state index in [4.69, 9.17) is 4.98 Å². The van der Waals surface area contributed by atoms with Crippen molar-refractivity contribution in [2.45, 2.75) is 71.3 Å². The molecule has 5 atom stereocenters. The highest BCUT2D eigenvalue weighted by Crippen LogP contribution is 2.63. The zero-order valence-electron chi connectivity index (χ0n) is 22.4. The van der Waals surface area contributed by atoms with Crippen molar-refractivity contribution < 1.29 is 24.2 Å². The molecular formula is C29H38FN3O4S. The molecule has 2 aromatic rings. The van der Waals surface area contributed by atoms with E-state index >= 15 is 0 Å². The van der Waals surface area contributed by atoms with Gasteiger partial charge in [-0.25, -0.2) is 9.37 Å². The van der Waals surface area contributed by atoms with E-state index in [9.17, 15) is 24.2 Å². The second kappa shape index (κ2) is 10.3. The van der Waals surface area contributed by atoms with Gasteiger partial charge in [0.15, 0.2) is 5.13 Å². The Balaban J connectivity index is 1.48. The number of halogens is 1. The number of aliphatic hydroxyl groups is 2. The van der Waals surface area contributed by atoms with E-state index in [1.807, 2.05) is 11.8 Å². The van der Waals surface area contributed by atoms with Crippen molar-refractivity contribution in [1.29, 1.82) is 0 Å². The molecular weight excluding hydrogens is 505 g/mol. The summed E-state index contributed by atoms with van der Waals surface area (Å²) in [6.45, 7) is 7.76. The topological polar surface area (TPSA) is 103 Å². The van der Waals surface area contributed by atoms with Crippen LogP contribution in [0.5, 0.6) is 0 Å². The van der Waals surface area contributed by atoms with Crippen molar-refractivity contribution in [1.82, 2.24) is 9.88 Å². The van der Waals surface area contributed by atoms with Crippen LogP contribution in [0.3, 0.4) is 0 Å². The summed E-state index contributed by atoms with van der Waals surface area (Å²) < 4.78 is 13.3. The van der Waals surface area contributed by atoms with Gasteiger partial charge in [-0.05, 0) is 73.6 Å². The van der Waals surface area contributed by atoms with Crippen LogP contribution in [0.25, 0.3) is 0 Å². The number of piperidine rings is 1. The van der Waals surface area contributed by atoms with Crippen molar-refractivity contribution in [3.63, 3.8) is 0 Å². The second-order valence-electron chi connectivity index (χ2n) is 12.1. The smallest absolute Gasteiger partial charge is 0.257 e. The number of likely N-dealkylation sites (tertiary alicyclic amines) is 1. The molecule has 5 rings (SSSR count). The minimum absolute atomic E-state index is 0.0449. The molecule has 9 heteroatoms. The second-order valence-corrected chi connectivity index (χ2v) is 13.2. The van der Waals surface area contributed by atoms with Crippen LogP contribution in [-0.4, -0.2) is 57.7 Å². The highest BCUT2D eigenvalue weighted by molar-refractivity contribution is 7.15. The van der Waals surface area contributed by atoms with E-state index < -0.39 is 17.3 Å². The van der Waals surface area contributed by atoms with E-state index in [1.54, 1.807) is 0 Å². The Morgan fingerprint density at radius 1 is 1.18 bits per heavy atom. The first-order chi connectivity index (χ1) is 18.0. The van der Waals surface area contributed by atoms with Crippen molar-refractivity contribution in [2.24, 2.45) is 22.7 Å². The molecule has 1 aliphatic heterocycles. The zero-order chi connectivity index (χ0) is 27.2. The number of benzene rings is 1. The lowest BCUT2D eigenvalue weighted by Gasteiger charge is -2.58. The Kier molecular flexibility index (Phi) is 7.39. The first-order valence-corrected chi connectivity index (χ1v) is 14.5. The van der Waals surface area contributed by atoms with Gasteiger partial charge >= 0.3 is 0 Å². The Bertz CT molecular complexity index is 1190. The molecule has 1 saturated carbocycles. The summed E-state index contributed by atoms with van der Waals surface area (Å²) in [6, 6.07) is 5.36. The van der Waals surface area contributed by atoms with Crippen LogP contribution >= 0.6 is 11.3 Å². The van der Waals surface area contributed by atoms with Gasteiger partial charge in [-0.1, -0.05) is 20.8 Å². The molecule has 5 unspecified atom stereocenters. The zero-order valence-corrected chi connectivity index (χ0v) is 23.2. The van der Waals surface area contributed by atoms with E-state index in [2.05, 4.69) is 19.2 Å².